The summed E-state index contributed by atoms with van der Waals surface area (Å²) in [7, 11) is 1.51. The number of rotatable bonds is 11. The highest BCUT2D eigenvalue weighted by molar-refractivity contribution is 5.71. The quantitative estimate of drug-likeness (QED) is 0.252. The van der Waals surface area contributed by atoms with Crippen LogP contribution in [0.2, 0.25) is 0 Å². The number of hydrogen-bond donors (Lipinski definition) is 1. The summed E-state index contributed by atoms with van der Waals surface area (Å²) in [5.41, 5.74) is 2.44. The van der Waals surface area contributed by atoms with E-state index in [9.17, 15) is 14.3 Å². The molecular weight excluding hydrogens is 529 g/mol. The third-order valence-electron chi connectivity index (χ3n) is 8.81. The van der Waals surface area contributed by atoms with Crippen molar-refractivity contribution in [3.8, 4) is 22.6 Å². The highest BCUT2D eigenvalue weighted by atomic mass is 19.1. The molecule has 2 atom stereocenters. The minimum absolute atomic E-state index is 0.0573. The highest BCUT2D eigenvalue weighted by Gasteiger charge is 2.37. The zero-order valence-corrected chi connectivity index (χ0v) is 23.8. The molecule has 41 heavy (non-hydrogen) atoms. The first-order valence-electron chi connectivity index (χ1n) is 14.4. The SMILES string of the molecule is COc1ccc(F)c(-c2cc(F)c(COc3cc(F)cc([C@H](CC(=O)O)CC4CC4)c3)cc2[C@H]2CCCC2(C)C)c1. The van der Waals surface area contributed by atoms with Gasteiger partial charge in [0.2, 0.25) is 0 Å². The first-order valence-corrected chi connectivity index (χ1v) is 14.4. The van der Waals surface area contributed by atoms with E-state index >= 15 is 8.78 Å². The maximum Gasteiger partial charge on any atom is 0.303 e. The Bertz CT molecular complexity index is 1430. The average molecular weight is 567 g/mol. The number of carbonyl (C=O) groups is 1. The molecule has 0 saturated heterocycles. The van der Waals surface area contributed by atoms with Crippen molar-refractivity contribution in [2.24, 2.45) is 11.3 Å². The van der Waals surface area contributed by atoms with Gasteiger partial charge < -0.3 is 14.6 Å². The Labute approximate surface area is 239 Å². The summed E-state index contributed by atoms with van der Waals surface area (Å²) in [6.07, 6.45) is 5.64. The normalized spacial score (nSPS) is 18.7. The van der Waals surface area contributed by atoms with Crippen molar-refractivity contribution in [3.63, 3.8) is 0 Å². The topological polar surface area (TPSA) is 55.8 Å². The Morgan fingerprint density at radius 1 is 0.976 bits per heavy atom. The number of methoxy groups -OCH3 is 1. The molecule has 2 fully saturated rings. The van der Waals surface area contributed by atoms with Crippen LogP contribution in [0.15, 0.2) is 48.5 Å². The Morgan fingerprint density at radius 2 is 1.76 bits per heavy atom. The van der Waals surface area contributed by atoms with Crippen LogP contribution in [0.4, 0.5) is 13.2 Å². The molecule has 1 N–H and O–H groups in total. The predicted octanol–water partition coefficient (Wildman–Crippen LogP) is 9.01. The lowest BCUT2D eigenvalue weighted by molar-refractivity contribution is -0.137. The maximum absolute atomic E-state index is 15.6. The summed E-state index contributed by atoms with van der Waals surface area (Å²) in [5, 5.41) is 9.41. The fourth-order valence-electron chi connectivity index (χ4n) is 6.38. The molecule has 0 amide bonds. The van der Waals surface area contributed by atoms with Gasteiger partial charge in [-0.3, -0.25) is 4.79 Å². The molecule has 0 unspecified atom stereocenters. The summed E-state index contributed by atoms with van der Waals surface area (Å²) < 4.78 is 56.6. The summed E-state index contributed by atoms with van der Waals surface area (Å²) in [4.78, 5) is 11.5. The van der Waals surface area contributed by atoms with Gasteiger partial charge in [0.25, 0.3) is 0 Å². The average Bonchev–Trinajstić information content (AvgIpc) is 3.67. The van der Waals surface area contributed by atoms with Crippen molar-refractivity contribution < 1.29 is 32.5 Å². The second kappa shape index (κ2) is 11.8. The molecule has 7 heteroatoms. The fraction of sp³-hybridized carbons (Fsp3) is 0.441. The Balaban J connectivity index is 1.48. The van der Waals surface area contributed by atoms with Crippen LogP contribution in [0, 0.1) is 28.8 Å². The van der Waals surface area contributed by atoms with Crippen LogP contribution in [0.1, 0.15) is 87.3 Å². The summed E-state index contributed by atoms with van der Waals surface area (Å²) in [5.74, 6) is -1.53. The van der Waals surface area contributed by atoms with Gasteiger partial charge >= 0.3 is 5.97 Å². The summed E-state index contributed by atoms with van der Waals surface area (Å²) in [6.45, 7) is 4.21. The molecule has 218 valence electrons. The standard InChI is InChI=1S/C34H37F3O4/c1-34(2)10-4-5-30(34)28-14-23(32(37)18-27(28)29-17-25(40-3)8-9-31(29)36)19-41-26-13-22(12-24(35)16-26)21(15-33(38)39)11-20-6-7-20/h8-9,12-14,16-18,20-21,30H,4-7,10-11,15,19H2,1-3H3,(H,38,39)/t21-,30+/m0/s1. The Hall–Kier alpha value is -3.48. The molecule has 4 nitrogen and oxygen atoms in total. The van der Waals surface area contributed by atoms with E-state index in [-0.39, 0.29) is 41.6 Å². The van der Waals surface area contributed by atoms with Crippen molar-refractivity contribution in [2.75, 3.05) is 7.11 Å². The zero-order valence-electron chi connectivity index (χ0n) is 23.8. The Kier molecular flexibility index (Phi) is 8.35. The van der Waals surface area contributed by atoms with Crippen molar-refractivity contribution in [2.45, 2.75) is 77.2 Å². The lowest BCUT2D eigenvalue weighted by Crippen LogP contribution is -2.17. The van der Waals surface area contributed by atoms with Crippen LogP contribution in [0.3, 0.4) is 0 Å². The number of carboxylic acid groups (broad SMARTS) is 1. The zero-order chi connectivity index (χ0) is 29.3. The number of benzene rings is 3. The van der Waals surface area contributed by atoms with Gasteiger partial charge in [-0.1, -0.05) is 33.1 Å². The van der Waals surface area contributed by atoms with E-state index in [1.165, 1.54) is 37.4 Å². The van der Waals surface area contributed by atoms with Crippen molar-refractivity contribution in [1.82, 2.24) is 0 Å². The molecule has 2 aliphatic rings. The number of carboxylic acids is 1. The van der Waals surface area contributed by atoms with E-state index < -0.39 is 23.4 Å². The van der Waals surface area contributed by atoms with E-state index in [2.05, 4.69) is 13.8 Å². The third-order valence-corrected chi connectivity index (χ3v) is 8.81. The van der Waals surface area contributed by atoms with Gasteiger partial charge in [-0.2, -0.15) is 0 Å². The molecule has 3 aromatic rings. The van der Waals surface area contributed by atoms with Crippen molar-refractivity contribution in [3.05, 3.63) is 82.7 Å². The highest BCUT2D eigenvalue weighted by Crippen LogP contribution is 2.52. The lowest BCUT2D eigenvalue weighted by Gasteiger charge is -2.30. The molecule has 0 heterocycles. The third kappa shape index (κ3) is 6.71. The van der Waals surface area contributed by atoms with Crippen LogP contribution < -0.4 is 9.47 Å². The minimum atomic E-state index is -0.931. The molecular formula is C34H37F3O4. The van der Waals surface area contributed by atoms with Crippen molar-refractivity contribution >= 4 is 5.97 Å². The predicted molar refractivity (Wildman–Crippen MR) is 152 cm³/mol. The summed E-state index contributed by atoms with van der Waals surface area (Å²) in [6, 6.07) is 11.9. The second-order valence-corrected chi connectivity index (χ2v) is 12.3. The molecule has 5 rings (SSSR count). The summed E-state index contributed by atoms with van der Waals surface area (Å²) >= 11 is 0. The lowest BCUT2D eigenvalue weighted by atomic mass is 9.75. The van der Waals surface area contributed by atoms with E-state index in [0.717, 1.165) is 37.7 Å². The molecule has 0 aromatic heterocycles. The van der Waals surface area contributed by atoms with Gasteiger partial charge in [-0.15, -0.1) is 0 Å². The van der Waals surface area contributed by atoms with Gasteiger partial charge in [0, 0.05) is 17.2 Å². The first kappa shape index (κ1) is 29.0. The van der Waals surface area contributed by atoms with E-state index in [0.29, 0.717) is 34.8 Å². The Morgan fingerprint density at radius 3 is 2.41 bits per heavy atom. The van der Waals surface area contributed by atoms with E-state index in [1.54, 1.807) is 18.2 Å². The van der Waals surface area contributed by atoms with E-state index in [1.807, 2.05) is 0 Å². The smallest absolute Gasteiger partial charge is 0.303 e. The largest absolute Gasteiger partial charge is 0.497 e. The molecule has 3 aromatic carbocycles. The van der Waals surface area contributed by atoms with Crippen LogP contribution in [0.25, 0.3) is 11.1 Å². The number of ether oxygens (including phenoxy) is 2. The molecule has 0 spiro atoms. The molecule has 2 saturated carbocycles. The van der Waals surface area contributed by atoms with Crippen LogP contribution in [-0.4, -0.2) is 18.2 Å². The minimum Gasteiger partial charge on any atom is -0.497 e. The molecule has 0 radical (unpaired) electrons. The van der Waals surface area contributed by atoms with Gasteiger partial charge in [-0.25, -0.2) is 13.2 Å². The molecule has 0 bridgehead atoms. The van der Waals surface area contributed by atoms with Gasteiger partial charge in [-0.05, 0) is 102 Å². The number of halogens is 3. The van der Waals surface area contributed by atoms with Crippen LogP contribution in [0.5, 0.6) is 11.5 Å². The molecule has 2 aliphatic carbocycles. The molecule has 0 aliphatic heterocycles. The van der Waals surface area contributed by atoms with E-state index in [4.69, 9.17) is 9.47 Å². The van der Waals surface area contributed by atoms with Crippen LogP contribution >= 0.6 is 0 Å². The maximum atomic E-state index is 15.6. The first-order chi connectivity index (χ1) is 19.5. The van der Waals surface area contributed by atoms with Crippen molar-refractivity contribution in [1.29, 1.82) is 0 Å². The van der Waals surface area contributed by atoms with Crippen LogP contribution in [-0.2, 0) is 11.4 Å². The number of hydrogen-bond acceptors (Lipinski definition) is 3. The fourth-order valence-corrected chi connectivity index (χ4v) is 6.38. The number of aliphatic carboxylic acids is 1. The van der Waals surface area contributed by atoms with Gasteiger partial charge in [0.1, 0.15) is 35.6 Å². The van der Waals surface area contributed by atoms with Gasteiger partial charge in [0.05, 0.1) is 13.5 Å². The monoisotopic (exact) mass is 566 g/mol. The second-order valence-electron chi connectivity index (χ2n) is 12.3. The van der Waals surface area contributed by atoms with Gasteiger partial charge in [0.15, 0.2) is 0 Å².